The molecule has 3 heteroatoms. The minimum atomic E-state index is 0.882. The molecule has 0 aliphatic rings. The van der Waals surface area contributed by atoms with Crippen LogP contribution in [-0.2, 0) is 12.8 Å². The number of hydrogen-bond acceptors (Lipinski definition) is 1. The van der Waals surface area contributed by atoms with Crippen molar-refractivity contribution in [3.8, 4) is 11.4 Å². The van der Waals surface area contributed by atoms with E-state index >= 15 is 0 Å². The monoisotopic (exact) mass is 636 g/mol. The molecule has 0 atom stereocenters. The van der Waals surface area contributed by atoms with Crippen LogP contribution >= 0.6 is 11.3 Å². The minimum absolute atomic E-state index is 0.882. The van der Waals surface area contributed by atoms with Crippen molar-refractivity contribution in [1.82, 2.24) is 9.13 Å². The number of fused-ring (bicyclic) bond motifs is 7. The van der Waals surface area contributed by atoms with Crippen molar-refractivity contribution >= 4 is 70.3 Å². The van der Waals surface area contributed by atoms with Gasteiger partial charge >= 0.3 is 0 Å². The summed E-state index contributed by atoms with van der Waals surface area (Å²) < 4.78 is 7.56. The molecule has 0 bridgehead atoms. The fraction of sp³-hybridized carbons (Fsp3) is 0.111. The second-order valence-corrected chi connectivity index (χ2v) is 13.8. The fourth-order valence-electron chi connectivity index (χ4n) is 7.66. The molecular formula is C45H36N2S. The molecule has 0 amide bonds. The Morgan fingerprint density at radius 2 is 1.19 bits per heavy atom. The Morgan fingerprint density at radius 3 is 1.98 bits per heavy atom. The molecular weight excluding hydrogens is 601 g/mol. The molecule has 0 N–H and O–H groups in total. The number of benzene rings is 6. The number of thiophene rings is 1. The van der Waals surface area contributed by atoms with E-state index in [1.165, 1.54) is 86.6 Å². The third-order valence-electron chi connectivity index (χ3n) is 9.81. The first-order valence-corrected chi connectivity index (χ1v) is 17.9. The molecule has 0 aliphatic carbocycles. The quantitative estimate of drug-likeness (QED) is 0.165. The maximum absolute atomic E-state index is 2.45. The summed E-state index contributed by atoms with van der Waals surface area (Å²) in [5.41, 5.74) is 11.5. The summed E-state index contributed by atoms with van der Waals surface area (Å²) in [7, 11) is 0. The van der Waals surface area contributed by atoms with Crippen LogP contribution in [0.4, 0.5) is 0 Å². The highest BCUT2D eigenvalue weighted by Gasteiger charge is 2.18. The summed E-state index contributed by atoms with van der Waals surface area (Å²) >= 11 is 1.87. The molecule has 3 heterocycles. The van der Waals surface area contributed by atoms with Gasteiger partial charge in [0.15, 0.2) is 0 Å². The standard InChI is InChI=1S/C45H36N2S/c1-3-5-15-34-37-27-30(20-23-42(37)46(40(34)4-2)32-13-7-6-8-14-32)26-31-21-24-43-38(28-31)35-16-9-11-18-41(35)47(43)33-22-25-45-39(29-33)36-17-10-12-19-44(36)48-45/h5-25,27-29H,3-4,26H2,1-2H3/b15-5-. The Morgan fingerprint density at radius 1 is 0.521 bits per heavy atom. The molecule has 0 aliphatic heterocycles. The van der Waals surface area contributed by atoms with Gasteiger partial charge in [0.1, 0.15) is 0 Å². The topological polar surface area (TPSA) is 9.86 Å². The van der Waals surface area contributed by atoms with Gasteiger partial charge in [0, 0.05) is 59.0 Å². The van der Waals surface area contributed by atoms with Gasteiger partial charge in [0.05, 0.1) is 16.6 Å². The van der Waals surface area contributed by atoms with Crippen LogP contribution in [0.1, 0.15) is 42.7 Å². The first kappa shape index (κ1) is 28.8. The Bertz CT molecular complexity index is 2660. The Hall–Kier alpha value is -5.38. The summed E-state index contributed by atoms with van der Waals surface area (Å²) in [5, 5.41) is 6.57. The van der Waals surface area contributed by atoms with Crippen LogP contribution in [0.3, 0.4) is 0 Å². The fourth-order valence-corrected chi connectivity index (χ4v) is 8.75. The van der Waals surface area contributed by atoms with Gasteiger partial charge in [-0.05, 0) is 97.1 Å². The number of aromatic nitrogens is 2. The van der Waals surface area contributed by atoms with Gasteiger partial charge in [-0.15, -0.1) is 11.3 Å². The van der Waals surface area contributed by atoms with Crippen LogP contribution in [-0.4, -0.2) is 9.13 Å². The maximum Gasteiger partial charge on any atom is 0.0541 e. The second-order valence-electron chi connectivity index (χ2n) is 12.7. The second kappa shape index (κ2) is 11.7. The highest BCUT2D eigenvalue weighted by molar-refractivity contribution is 7.25. The molecule has 9 aromatic rings. The zero-order chi connectivity index (χ0) is 32.2. The first-order valence-electron chi connectivity index (χ1n) is 17.0. The lowest BCUT2D eigenvalue weighted by Crippen LogP contribution is -1.99. The Kier molecular flexibility index (Phi) is 7.02. The van der Waals surface area contributed by atoms with Crippen LogP contribution in [0.5, 0.6) is 0 Å². The SMILES string of the molecule is CC/C=C\c1c(CC)n(-c2ccccc2)c2ccc(Cc3ccc4c(c3)c3ccccc3n4-c3ccc4sc5ccccc5c4c3)cc12. The molecule has 6 aromatic carbocycles. The predicted molar refractivity (Wildman–Crippen MR) is 208 cm³/mol. The van der Waals surface area contributed by atoms with E-state index in [1.807, 2.05) is 11.3 Å². The zero-order valence-electron chi connectivity index (χ0n) is 27.3. The molecule has 0 unspecified atom stereocenters. The van der Waals surface area contributed by atoms with E-state index in [0.29, 0.717) is 0 Å². The first-order chi connectivity index (χ1) is 23.7. The van der Waals surface area contributed by atoms with Crippen molar-refractivity contribution in [2.45, 2.75) is 33.1 Å². The van der Waals surface area contributed by atoms with Gasteiger partial charge in [-0.1, -0.05) is 92.7 Å². The van der Waals surface area contributed by atoms with Crippen molar-refractivity contribution in [3.05, 3.63) is 162 Å². The summed E-state index contributed by atoms with van der Waals surface area (Å²) in [6, 6.07) is 49.5. The van der Waals surface area contributed by atoms with Crippen molar-refractivity contribution < 1.29 is 0 Å². The summed E-state index contributed by atoms with van der Waals surface area (Å²) in [5.74, 6) is 0. The van der Waals surface area contributed by atoms with Gasteiger partial charge < -0.3 is 9.13 Å². The van der Waals surface area contributed by atoms with E-state index in [9.17, 15) is 0 Å². The largest absolute Gasteiger partial charge is 0.313 e. The molecule has 9 rings (SSSR count). The van der Waals surface area contributed by atoms with Crippen LogP contribution in [0.25, 0.3) is 70.3 Å². The molecule has 0 saturated heterocycles. The van der Waals surface area contributed by atoms with E-state index in [4.69, 9.17) is 0 Å². The van der Waals surface area contributed by atoms with Gasteiger partial charge in [-0.2, -0.15) is 0 Å². The molecule has 3 aromatic heterocycles. The summed E-state index contributed by atoms with van der Waals surface area (Å²) in [6.07, 6.45) is 7.50. The van der Waals surface area contributed by atoms with Gasteiger partial charge in [0.25, 0.3) is 0 Å². The van der Waals surface area contributed by atoms with Gasteiger partial charge in [-0.3, -0.25) is 0 Å². The summed E-state index contributed by atoms with van der Waals surface area (Å²) in [4.78, 5) is 0. The van der Waals surface area contributed by atoms with E-state index in [2.05, 4.69) is 169 Å². The third kappa shape index (κ3) is 4.61. The van der Waals surface area contributed by atoms with Crippen molar-refractivity contribution in [1.29, 1.82) is 0 Å². The summed E-state index contributed by atoms with van der Waals surface area (Å²) in [6.45, 7) is 4.48. The number of rotatable bonds is 7. The average Bonchev–Trinajstić information content (AvgIpc) is 3.77. The van der Waals surface area contributed by atoms with E-state index < -0.39 is 0 Å². The number of hydrogen-bond donors (Lipinski definition) is 0. The highest BCUT2D eigenvalue weighted by Crippen LogP contribution is 2.38. The smallest absolute Gasteiger partial charge is 0.0541 e. The normalized spacial score (nSPS) is 12.1. The van der Waals surface area contributed by atoms with Crippen LogP contribution in [0.15, 0.2) is 140 Å². The molecule has 232 valence electrons. The molecule has 0 saturated carbocycles. The Balaban J connectivity index is 1.16. The van der Waals surface area contributed by atoms with Crippen molar-refractivity contribution in [2.75, 3.05) is 0 Å². The average molecular weight is 637 g/mol. The highest BCUT2D eigenvalue weighted by atomic mass is 32.1. The Labute approximate surface area is 284 Å². The van der Waals surface area contributed by atoms with Crippen LogP contribution in [0.2, 0.25) is 0 Å². The van der Waals surface area contributed by atoms with Crippen molar-refractivity contribution in [2.24, 2.45) is 0 Å². The number of allylic oxidation sites excluding steroid dienone is 1. The van der Waals surface area contributed by atoms with Crippen LogP contribution in [0, 0.1) is 0 Å². The molecule has 0 spiro atoms. The number of nitrogens with zero attached hydrogens (tertiary/aromatic N) is 2. The van der Waals surface area contributed by atoms with E-state index in [1.54, 1.807) is 0 Å². The zero-order valence-corrected chi connectivity index (χ0v) is 28.1. The minimum Gasteiger partial charge on any atom is -0.313 e. The molecule has 2 nitrogen and oxygen atoms in total. The van der Waals surface area contributed by atoms with Crippen LogP contribution < -0.4 is 0 Å². The molecule has 0 fully saturated rings. The van der Waals surface area contributed by atoms with Crippen molar-refractivity contribution in [3.63, 3.8) is 0 Å². The van der Waals surface area contributed by atoms with Gasteiger partial charge in [0.2, 0.25) is 0 Å². The lowest BCUT2D eigenvalue weighted by molar-refractivity contribution is 0.957. The van der Waals surface area contributed by atoms with E-state index in [-0.39, 0.29) is 0 Å². The predicted octanol–water partition coefficient (Wildman–Crippen LogP) is 12.7. The lowest BCUT2D eigenvalue weighted by Gasteiger charge is -2.10. The lowest BCUT2D eigenvalue weighted by atomic mass is 10.00. The third-order valence-corrected chi connectivity index (χ3v) is 11.0. The molecule has 0 radical (unpaired) electrons. The maximum atomic E-state index is 2.45. The van der Waals surface area contributed by atoms with E-state index in [0.717, 1.165) is 19.3 Å². The molecule has 48 heavy (non-hydrogen) atoms. The number of para-hydroxylation sites is 2. The van der Waals surface area contributed by atoms with Gasteiger partial charge in [-0.25, -0.2) is 0 Å².